The Morgan fingerprint density at radius 2 is 1.74 bits per heavy atom. The van der Waals surface area contributed by atoms with Crippen molar-refractivity contribution in [1.29, 1.82) is 0 Å². The Morgan fingerprint density at radius 3 is 2.32 bits per heavy atom. The lowest BCUT2D eigenvalue weighted by Crippen LogP contribution is -2.04. The number of rotatable bonds is 3. The highest BCUT2D eigenvalue weighted by Gasteiger charge is 2.14. The number of hydrogen-bond donors (Lipinski definition) is 1. The van der Waals surface area contributed by atoms with Crippen molar-refractivity contribution in [2.45, 2.75) is 19.8 Å². The van der Waals surface area contributed by atoms with Gasteiger partial charge in [0.1, 0.15) is 0 Å². The molecule has 98 valence electrons. The van der Waals surface area contributed by atoms with Crippen molar-refractivity contribution in [2.75, 3.05) is 5.73 Å². The van der Waals surface area contributed by atoms with Crippen molar-refractivity contribution in [1.82, 2.24) is 0 Å². The van der Waals surface area contributed by atoms with E-state index in [1.165, 1.54) is 5.56 Å². The zero-order valence-corrected chi connectivity index (χ0v) is 11.7. The number of nitrogen functional groups attached to an aromatic ring is 1. The van der Waals surface area contributed by atoms with Crippen LogP contribution in [-0.4, -0.2) is 5.78 Å². The molecule has 0 radical (unpaired) electrons. The largest absolute Gasteiger partial charge is 0.398 e. The minimum Gasteiger partial charge on any atom is -0.398 e. The molecular weight excluding hydrogens is 258 g/mol. The number of ketones is 1. The SMILES string of the molecule is CC(C)c1ccc(C(=O)c2cccc(N)c2Cl)cc1. The molecule has 19 heavy (non-hydrogen) atoms. The van der Waals surface area contributed by atoms with Crippen molar-refractivity contribution < 1.29 is 4.79 Å². The Kier molecular flexibility index (Phi) is 3.91. The maximum atomic E-state index is 12.4. The van der Waals surface area contributed by atoms with Crippen LogP contribution < -0.4 is 5.73 Å². The molecule has 0 aromatic heterocycles. The first-order valence-electron chi connectivity index (χ1n) is 6.19. The summed E-state index contributed by atoms with van der Waals surface area (Å²) in [6.07, 6.45) is 0. The van der Waals surface area contributed by atoms with Gasteiger partial charge in [0.25, 0.3) is 0 Å². The molecule has 0 aliphatic heterocycles. The van der Waals surface area contributed by atoms with E-state index in [4.69, 9.17) is 17.3 Å². The van der Waals surface area contributed by atoms with Crippen LogP contribution in [0, 0.1) is 0 Å². The number of halogens is 1. The minimum atomic E-state index is -0.104. The van der Waals surface area contributed by atoms with E-state index in [1.54, 1.807) is 18.2 Å². The van der Waals surface area contributed by atoms with Crippen LogP contribution >= 0.6 is 11.6 Å². The van der Waals surface area contributed by atoms with Gasteiger partial charge in [-0.25, -0.2) is 0 Å². The summed E-state index contributed by atoms with van der Waals surface area (Å²) in [7, 11) is 0. The van der Waals surface area contributed by atoms with E-state index in [9.17, 15) is 4.79 Å². The highest BCUT2D eigenvalue weighted by Crippen LogP contribution is 2.26. The van der Waals surface area contributed by atoms with Crippen molar-refractivity contribution in [3.8, 4) is 0 Å². The first-order valence-corrected chi connectivity index (χ1v) is 6.57. The number of hydrogen-bond acceptors (Lipinski definition) is 2. The average molecular weight is 274 g/mol. The van der Waals surface area contributed by atoms with E-state index >= 15 is 0 Å². The summed E-state index contributed by atoms with van der Waals surface area (Å²) in [6.45, 7) is 4.23. The predicted molar refractivity (Wildman–Crippen MR) is 79.8 cm³/mol. The van der Waals surface area contributed by atoms with Gasteiger partial charge in [-0.05, 0) is 23.6 Å². The van der Waals surface area contributed by atoms with Gasteiger partial charge in [-0.2, -0.15) is 0 Å². The lowest BCUT2D eigenvalue weighted by Gasteiger charge is -2.08. The highest BCUT2D eigenvalue weighted by atomic mass is 35.5. The number of anilines is 1. The van der Waals surface area contributed by atoms with Crippen LogP contribution in [0.1, 0.15) is 41.3 Å². The van der Waals surface area contributed by atoms with Gasteiger partial charge in [0.2, 0.25) is 0 Å². The molecule has 2 N–H and O–H groups in total. The quantitative estimate of drug-likeness (QED) is 0.670. The van der Waals surface area contributed by atoms with Crippen LogP contribution in [0.4, 0.5) is 5.69 Å². The number of benzene rings is 2. The monoisotopic (exact) mass is 273 g/mol. The first kappa shape index (κ1) is 13.6. The maximum absolute atomic E-state index is 12.4. The van der Waals surface area contributed by atoms with Gasteiger partial charge in [-0.3, -0.25) is 4.79 Å². The molecule has 0 bridgehead atoms. The summed E-state index contributed by atoms with van der Waals surface area (Å²) < 4.78 is 0. The van der Waals surface area contributed by atoms with Crippen LogP contribution in [0.5, 0.6) is 0 Å². The van der Waals surface area contributed by atoms with Crippen LogP contribution in [0.15, 0.2) is 42.5 Å². The lowest BCUT2D eigenvalue weighted by atomic mass is 9.98. The zero-order chi connectivity index (χ0) is 14.0. The van der Waals surface area contributed by atoms with Gasteiger partial charge in [0.15, 0.2) is 5.78 Å². The zero-order valence-electron chi connectivity index (χ0n) is 11.0. The molecule has 0 spiro atoms. The number of carbonyl (C=O) groups is 1. The second-order valence-electron chi connectivity index (χ2n) is 4.81. The van der Waals surface area contributed by atoms with Gasteiger partial charge >= 0.3 is 0 Å². The summed E-state index contributed by atoms with van der Waals surface area (Å²) in [4.78, 5) is 12.4. The lowest BCUT2D eigenvalue weighted by molar-refractivity contribution is 0.103. The smallest absolute Gasteiger partial charge is 0.194 e. The molecule has 2 aromatic rings. The van der Waals surface area contributed by atoms with Gasteiger partial charge in [-0.1, -0.05) is 55.8 Å². The van der Waals surface area contributed by atoms with Crippen LogP contribution in [0.2, 0.25) is 5.02 Å². The fourth-order valence-corrected chi connectivity index (χ4v) is 2.11. The van der Waals surface area contributed by atoms with E-state index in [0.717, 1.165) is 0 Å². The fraction of sp³-hybridized carbons (Fsp3) is 0.188. The molecule has 0 saturated heterocycles. The Bertz CT molecular complexity index is 603. The maximum Gasteiger partial charge on any atom is 0.194 e. The molecule has 0 aliphatic carbocycles. The molecule has 0 heterocycles. The molecule has 2 nitrogen and oxygen atoms in total. The summed E-state index contributed by atoms with van der Waals surface area (Å²) >= 11 is 6.07. The molecule has 0 saturated carbocycles. The standard InChI is InChI=1S/C16H16ClNO/c1-10(2)11-6-8-12(9-7-11)16(19)13-4-3-5-14(18)15(13)17/h3-10H,18H2,1-2H3. The first-order chi connectivity index (χ1) is 9.00. The molecular formula is C16H16ClNO. The van der Waals surface area contributed by atoms with E-state index < -0.39 is 0 Å². The third kappa shape index (κ3) is 2.79. The Labute approximate surface area is 118 Å². The van der Waals surface area contributed by atoms with Gasteiger partial charge in [0, 0.05) is 11.1 Å². The molecule has 0 aliphatic rings. The normalized spacial score (nSPS) is 10.7. The van der Waals surface area contributed by atoms with Gasteiger partial charge in [0.05, 0.1) is 10.7 Å². The molecule has 0 fully saturated rings. The van der Waals surface area contributed by atoms with Crippen LogP contribution in [-0.2, 0) is 0 Å². The van der Waals surface area contributed by atoms with Crippen LogP contribution in [0.25, 0.3) is 0 Å². The van der Waals surface area contributed by atoms with Gasteiger partial charge < -0.3 is 5.73 Å². The van der Waals surface area contributed by atoms with E-state index in [-0.39, 0.29) is 5.78 Å². The number of nitrogens with two attached hydrogens (primary N) is 1. The van der Waals surface area contributed by atoms with Crippen molar-refractivity contribution >= 4 is 23.1 Å². The second kappa shape index (κ2) is 5.45. The van der Waals surface area contributed by atoms with Crippen LogP contribution in [0.3, 0.4) is 0 Å². The third-order valence-electron chi connectivity index (χ3n) is 3.11. The molecule has 0 atom stereocenters. The van der Waals surface area contributed by atoms with Crippen molar-refractivity contribution in [3.63, 3.8) is 0 Å². The summed E-state index contributed by atoms with van der Waals surface area (Å²) in [5, 5.41) is 0.320. The van der Waals surface area contributed by atoms with E-state index in [1.807, 2.05) is 24.3 Å². The second-order valence-corrected chi connectivity index (χ2v) is 5.19. The van der Waals surface area contributed by atoms with E-state index in [0.29, 0.717) is 27.8 Å². The summed E-state index contributed by atoms with van der Waals surface area (Å²) in [6, 6.07) is 12.7. The summed E-state index contributed by atoms with van der Waals surface area (Å²) in [5.41, 5.74) is 8.41. The molecule has 3 heteroatoms. The molecule has 2 rings (SSSR count). The predicted octanol–water partition coefficient (Wildman–Crippen LogP) is 4.28. The Balaban J connectivity index is 2.36. The molecule has 2 aromatic carbocycles. The topological polar surface area (TPSA) is 43.1 Å². The van der Waals surface area contributed by atoms with Gasteiger partial charge in [-0.15, -0.1) is 0 Å². The molecule has 0 unspecified atom stereocenters. The number of carbonyl (C=O) groups excluding carboxylic acids is 1. The van der Waals surface area contributed by atoms with Crippen molar-refractivity contribution in [3.05, 3.63) is 64.2 Å². The molecule has 0 amide bonds. The minimum absolute atomic E-state index is 0.104. The Hall–Kier alpha value is -1.80. The van der Waals surface area contributed by atoms with E-state index in [2.05, 4.69) is 13.8 Å². The summed E-state index contributed by atoms with van der Waals surface area (Å²) in [5.74, 6) is 0.340. The average Bonchev–Trinajstić information content (AvgIpc) is 2.41. The van der Waals surface area contributed by atoms with Crippen molar-refractivity contribution in [2.24, 2.45) is 0 Å². The fourth-order valence-electron chi connectivity index (χ4n) is 1.90. The Morgan fingerprint density at radius 1 is 1.11 bits per heavy atom. The third-order valence-corrected chi connectivity index (χ3v) is 3.53. The highest BCUT2D eigenvalue weighted by molar-refractivity contribution is 6.37.